The molecule has 0 aliphatic heterocycles. The first-order chi connectivity index (χ1) is 7.67. The quantitative estimate of drug-likeness (QED) is 0.259. The fourth-order valence-electron chi connectivity index (χ4n) is 0.850. The molecule has 8 heteroatoms. The van der Waals surface area contributed by atoms with Crippen LogP contribution in [0.5, 0.6) is 0 Å². The lowest BCUT2D eigenvalue weighted by molar-refractivity contribution is -0.148. The van der Waals surface area contributed by atoms with Gasteiger partial charge in [-0.3, -0.25) is 9.59 Å². The number of thioether (sulfide) groups is 1. The number of hydrogen-bond acceptors (Lipinski definition) is 4. The Balaban J connectivity index is 5.05. The van der Waals surface area contributed by atoms with Crippen molar-refractivity contribution in [2.24, 2.45) is 10.5 Å². The predicted molar refractivity (Wildman–Crippen MR) is 70.3 cm³/mol. The fourth-order valence-corrected chi connectivity index (χ4v) is 2.07. The molecule has 0 saturated heterocycles. The first-order valence-corrected chi connectivity index (χ1v) is 6.28. The van der Waals surface area contributed by atoms with Crippen molar-refractivity contribution < 1.29 is 14.1 Å². The molecule has 96 valence electrons. The first kappa shape index (κ1) is 16.2. The lowest BCUT2D eigenvalue weighted by Crippen LogP contribution is -2.39. The number of hydrogen-bond donors (Lipinski definition) is 0. The van der Waals surface area contributed by atoms with E-state index in [-0.39, 0.29) is 10.5 Å². The van der Waals surface area contributed by atoms with E-state index < -0.39 is 17.3 Å². The van der Waals surface area contributed by atoms with Gasteiger partial charge >= 0.3 is 5.97 Å². The molecule has 0 aromatic carbocycles. The molecule has 0 aliphatic rings. The molecule has 2 atom stereocenters. The molecule has 0 aromatic rings. The molecule has 0 aliphatic carbocycles. The van der Waals surface area contributed by atoms with Gasteiger partial charge < -0.3 is 4.52 Å². The topological polar surface area (TPSA) is 92.1 Å². The van der Waals surface area contributed by atoms with Crippen LogP contribution in [0.3, 0.4) is 0 Å². The van der Waals surface area contributed by atoms with Crippen molar-refractivity contribution in [3.63, 3.8) is 0 Å². The molecule has 0 saturated carbocycles. The number of amides is 1. The van der Waals surface area contributed by atoms with Crippen LogP contribution in [0.15, 0.2) is 5.11 Å². The van der Waals surface area contributed by atoms with E-state index in [1.165, 1.54) is 18.7 Å². The lowest BCUT2D eigenvalue weighted by Gasteiger charge is -2.26. The number of carbonyl (C=O) groups excluding carboxylic acids is 2. The second-order valence-electron chi connectivity index (χ2n) is 4.63. The average molecular weight is 277 g/mol. The molecule has 0 fully saturated rings. The summed E-state index contributed by atoms with van der Waals surface area (Å²) in [6.07, 6.45) is 0. The van der Waals surface area contributed by atoms with Crippen molar-refractivity contribution >= 4 is 33.1 Å². The third-order valence-corrected chi connectivity index (χ3v) is 3.76. The van der Waals surface area contributed by atoms with E-state index in [9.17, 15) is 9.59 Å². The fraction of sp³-hybridized carbons (Fsp3) is 0.778. The number of carbonyl (C=O) groups is 2. The summed E-state index contributed by atoms with van der Waals surface area (Å²) in [5.41, 5.74) is 6.80. The normalized spacial score (nSPS) is 14.4. The van der Waals surface area contributed by atoms with Crippen LogP contribution in [0.2, 0.25) is 0 Å². The molecule has 1 amide bonds. The molecule has 1 unspecified atom stereocenters. The van der Waals surface area contributed by atoms with Gasteiger partial charge in [-0.2, -0.15) is 11.8 Å². The van der Waals surface area contributed by atoms with E-state index in [2.05, 4.69) is 14.5 Å². The zero-order valence-corrected chi connectivity index (χ0v) is 12.2. The van der Waals surface area contributed by atoms with Gasteiger partial charge in [0.25, 0.3) is 0 Å². The maximum atomic E-state index is 11.6. The Morgan fingerprint density at radius 3 is 2.29 bits per heavy atom. The molecule has 0 aromatic heterocycles. The maximum Gasteiger partial charge on any atom is 0.322 e. The molecule has 17 heavy (non-hydrogen) atoms. The van der Waals surface area contributed by atoms with Crippen LogP contribution in [0.25, 0.3) is 10.4 Å². The summed E-state index contributed by atoms with van der Waals surface area (Å²) in [4.78, 5) is 25.7. The molecule has 0 heterocycles. The van der Waals surface area contributed by atoms with Crippen molar-refractivity contribution in [3.05, 3.63) is 10.4 Å². The van der Waals surface area contributed by atoms with E-state index in [1.54, 1.807) is 9.47 Å². The molecule has 0 radical (unpaired) electrons. The molecule has 0 rings (SSSR count). The van der Waals surface area contributed by atoms with E-state index in [0.717, 1.165) is 0 Å². The van der Waals surface area contributed by atoms with Crippen LogP contribution < -0.4 is 0 Å². The summed E-state index contributed by atoms with van der Waals surface area (Å²) in [5, 5.41) is 2.98. The summed E-state index contributed by atoms with van der Waals surface area (Å²) in [6.45, 7) is 7.29. The minimum absolute atomic E-state index is 0.112. The Hall–Kier alpha value is -0.770. The summed E-state index contributed by atoms with van der Waals surface area (Å²) >= 11 is 1.42. The van der Waals surface area contributed by atoms with Gasteiger partial charge in [-0.05, 0) is 17.6 Å². The third kappa shape index (κ3) is 4.94. The van der Waals surface area contributed by atoms with E-state index in [0.29, 0.717) is 0 Å². The van der Waals surface area contributed by atoms with Gasteiger partial charge in [-0.25, -0.2) is 0 Å². The predicted octanol–water partition coefficient (Wildman–Crippen LogP) is 2.69. The summed E-state index contributed by atoms with van der Waals surface area (Å²) in [7, 11) is 1.80. The largest absolute Gasteiger partial charge is 0.451 e. The van der Waals surface area contributed by atoms with Gasteiger partial charge in [-0.1, -0.05) is 20.8 Å². The van der Waals surface area contributed by atoms with Gasteiger partial charge in [0.05, 0.1) is 9.47 Å². The van der Waals surface area contributed by atoms with Gasteiger partial charge in [0.2, 0.25) is 5.91 Å². The highest BCUT2D eigenvalue weighted by atomic mass is 32.2. The minimum atomic E-state index is -1.45. The second-order valence-corrected chi connectivity index (χ2v) is 6.67. The van der Waals surface area contributed by atoms with Crippen LogP contribution in [-0.4, -0.2) is 22.4 Å². The average Bonchev–Trinajstić information content (AvgIpc) is 2.24. The summed E-state index contributed by atoms with van der Waals surface area (Å²) in [6, 6.07) is 0. The molecular formula is C9H16N3O3PS. The van der Waals surface area contributed by atoms with Crippen molar-refractivity contribution in [1.82, 2.24) is 0 Å². The van der Waals surface area contributed by atoms with Crippen LogP contribution in [0.1, 0.15) is 27.7 Å². The summed E-state index contributed by atoms with van der Waals surface area (Å²) < 4.78 is 4.40. The number of azide groups is 1. The van der Waals surface area contributed by atoms with Gasteiger partial charge in [0.1, 0.15) is 5.41 Å². The number of rotatable bonds is 4. The van der Waals surface area contributed by atoms with Crippen molar-refractivity contribution in [2.75, 3.05) is 5.75 Å². The van der Waals surface area contributed by atoms with Crippen LogP contribution in [0, 0.1) is 5.41 Å². The smallest absolute Gasteiger partial charge is 0.322 e. The van der Waals surface area contributed by atoms with Crippen molar-refractivity contribution in [1.29, 1.82) is 0 Å². The van der Waals surface area contributed by atoms with Gasteiger partial charge in [-0.15, -0.1) is 0 Å². The molecule has 0 spiro atoms. The second kappa shape index (κ2) is 6.24. The Morgan fingerprint density at radius 2 is 1.94 bits per heavy atom. The molecule has 6 nitrogen and oxygen atoms in total. The van der Waals surface area contributed by atoms with Crippen LogP contribution in [-0.2, 0) is 14.1 Å². The number of nitrogens with zero attached hydrogens (tertiary/aromatic N) is 3. The SMILES string of the molecule is CC(C)(C)SC[C@@](C)(C(=O)N=[N+]=[N-])C(=O)OP. The molecular weight excluding hydrogens is 261 g/mol. The standard InChI is InChI=1S/C9H16N3O3PS/c1-8(2,3)17-5-9(4,7(14)15-16)6(13)11-12-10/h5,16H2,1-4H3/t9-/m0/s1. The highest BCUT2D eigenvalue weighted by molar-refractivity contribution is 8.00. The van der Waals surface area contributed by atoms with Crippen LogP contribution >= 0.6 is 21.2 Å². The Kier molecular flexibility index (Phi) is 5.96. The highest BCUT2D eigenvalue weighted by Gasteiger charge is 2.42. The Morgan fingerprint density at radius 1 is 1.41 bits per heavy atom. The highest BCUT2D eigenvalue weighted by Crippen LogP contribution is 2.33. The zero-order valence-electron chi connectivity index (χ0n) is 10.3. The molecule has 0 bridgehead atoms. The van der Waals surface area contributed by atoms with Crippen molar-refractivity contribution in [2.45, 2.75) is 32.4 Å². The molecule has 0 N–H and O–H groups in total. The van der Waals surface area contributed by atoms with E-state index >= 15 is 0 Å². The summed E-state index contributed by atoms with van der Waals surface area (Å²) in [5.74, 6) is -1.36. The maximum absolute atomic E-state index is 11.6. The third-order valence-electron chi connectivity index (χ3n) is 1.96. The van der Waals surface area contributed by atoms with Crippen LogP contribution in [0.4, 0.5) is 0 Å². The van der Waals surface area contributed by atoms with Crippen molar-refractivity contribution in [3.8, 4) is 0 Å². The Labute approximate surface area is 107 Å². The lowest BCUT2D eigenvalue weighted by atomic mass is 9.93. The van der Waals surface area contributed by atoms with E-state index in [1.807, 2.05) is 20.8 Å². The zero-order chi connectivity index (χ0) is 13.7. The Bertz CT molecular complexity index is 363. The first-order valence-electron chi connectivity index (χ1n) is 4.82. The van der Waals surface area contributed by atoms with E-state index in [4.69, 9.17) is 5.53 Å². The minimum Gasteiger partial charge on any atom is -0.451 e. The van der Waals surface area contributed by atoms with Gasteiger partial charge in [0, 0.05) is 15.4 Å². The van der Waals surface area contributed by atoms with Gasteiger partial charge in [0.15, 0.2) is 0 Å². The monoisotopic (exact) mass is 277 g/mol.